The number of benzene rings is 1. The van der Waals surface area contributed by atoms with E-state index in [-0.39, 0.29) is 4.90 Å². The highest BCUT2D eigenvalue weighted by Gasteiger charge is 2.23. The lowest BCUT2D eigenvalue weighted by Crippen LogP contribution is -2.30. The van der Waals surface area contributed by atoms with E-state index >= 15 is 0 Å². The number of pyridine rings is 2. The molecule has 1 aromatic carbocycles. The van der Waals surface area contributed by atoms with Crippen molar-refractivity contribution in [2.45, 2.75) is 37.6 Å². The summed E-state index contributed by atoms with van der Waals surface area (Å²) in [6.45, 7) is 4.86. The van der Waals surface area contributed by atoms with Crippen molar-refractivity contribution in [1.29, 1.82) is 0 Å². The third-order valence-electron chi connectivity index (χ3n) is 5.62. The Morgan fingerprint density at radius 1 is 1.00 bits per heavy atom. The molecule has 0 radical (unpaired) electrons. The van der Waals surface area contributed by atoms with Crippen LogP contribution < -0.4 is 14.5 Å². The van der Waals surface area contributed by atoms with Gasteiger partial charge in [0.15, 0.2) is 0 Å². The Labute approximate surface area is 190 Å². The van der Waals surface area contributed by atoms with Crippen molar-refractivity contribution in [2.24, 2.45) is 0 Å². The highest BCUT2D eigenvalue weighted by atomic mass is 32.2. The quantitative estimate of drug-likeness (QED) is 0.550. The lowest BCUT2D eigenvalue weighted by Gasteiger charge is -2.27. The number of anilines is 3. The SMILES string of the molecule is CCN(c1ccccc1)S(=O)(=O)c1ccc(NCc2ccnc(N3CCCCC3)c2)nc1. The first kappa shape index (κ1) is 22.1. The number of piperidine rings is 1. The molecule has 0 amide bonds. The summed E-state index contributed by atoms with van der Waals surface area (Å²) in [4.78, 5) is 11.4. The third kappa shape index (κ3) is 5.02. The molecule has 4 rings (SSSR count). The van der Waals surface area contributed by atoms with E-state index < -0.39 is 10.0 Å². The Balaban J connectivity index is 1.43. The van der Waals surface area contributed by atoms with E-state index in [1.165, 1.54) is 29.8 Å². The van der Waals surface area contributed by atoms with Gasteiger partial charge in [0.2, 0.25) is 0 Å². The van der Waals surface area contributed by atoms with Crippen LogP contribution in [0.1, 0.15) is 31.7 Å². The number of aromatic nitrogens is 2. The molecule has 1 saturated heterocycles. The van der Waals surface area contributed by atoms with Crippen LogP contribution in [0.3, 0.4) is 0 Å². The Hall–Kier alpha value is -3.13. The van der Waals surface area contributed by atoms with Crippen molar-refractivity contribution >= 4 is 27.3 Å². The average Bonchev–Trinajstić information content (AvgIpc) is 2.85. The van der Waals surface area contributed by atoms with Gasteiger partial charge < -0.3 is 10.2 Å². The van der Waals surface area contributed by atoms with Gasteiger partial charge in [-0.25, -0.2) is 18.4 Å². The topological polar surface area (TPSA) is 78.4 Å². The first-order valence-corrected chi connectivity index (χ1v) is 12.5. The van der Waals surface area contributed by atoms with Crippen LogP contribution in [0.25, 0.3) is 0 Å². The first-order chi connectivity index (χ1) is 15.6. The lowest BCUT2D eigenvalue weighted by atomic mass is 10.1. The molecule has 32 heavy (non-hydrogen) atoms. The van der Waals surface area contributed by atoms with Gasteiger partial charge in [0.1, 0.15) is 16.5 Å². The largest absolute Gasteiger partial charge is 0.366 e. The van der Waals surface area contributed by atoms with E-state index in [9.17, 15) is 8.42 Å². The molecule has 1 fully saturated rings. The molecule has 0 spiro atoms. The second-order valence-corrected chi connectivity index (χ2v) is 9.67. The summed E-state index contributed by atoms with van der Waals surface area (Å²) >= 11 is 0. The highest BCUT2D eigenvalue weighted by Crippen LogP contribution is 2.24. The summed E-state index contributed by atoms with van der Waals surface area (Å²) in [5, 5.41) is 3.28. The van der Waals surface area contributed by atoms with Gasteiger partial charge in [-0.2, -0.15) is 0 Å². The molecule has 0 saturated carbocycles. The van der Waals surface area contributed by atoms with Crippen LogP contribution in [0.2, 0.25) is 0 Å². The van der Waals surface area contributed by atoms with Gasteiger partial charge in [-0.05, 0) is 68.1 Å². The van der Waals surface area contributed by atoms with Crippen molar-refractivity contribution < 1.29 is 8.42 Å². The van der Waals surface area contributed by atoms with Crippen LogP contribution in [-0.4, -0.2) is 38.0 Å². The third-order valence-corrected chi connectivity index (χ3v) is 7.51. The number of nitrogens with zero attached hydrogens (tertiary/aromatic N) is 4. The van der Waals surface area contributed by atoms with E-state index in [0.717, 1.165) is 24.5 Å². The number of hydrogen-bond acceptors (Lipinski definition) is 6. The summed E-state index contributed by atoms with van der Waals surface area (Å²) in [7, 11) is -3.68. The highest BCUT2D eigenvalue weighted by molar-refractivity contribution is 7.92. The Morgan fingerprint density at radius 2 is 1.78 bits per heavy atom. The zero-order valence-electron chi connectivity index (χ0n) is 18.3. The molecule has 2 aromatic heterocycles. The maximum Gasteiger partial charge on any atom is 0.265 e. The molecule has 8 heteroatoms. The molecule has 3 heterocycles. The maximum atomic E-state index is 13.1. The van der Waals surface area contributed by atoms with E-state index in [1.807, 2.05) is 37.4 Å². The molecule has 0 bridgehead atoms. The van der Waals surface area contributed by atoms with Crippen LogP contribution >= 0.6 is 0 Å². The minimum absolute atomic E-state index is 0.171. The van der Waals surface area contributed by atoms with Gasteiger partial charge in [0.25, 0.3) is 10.0 Å². The van der Waals surface area contributed by atoms with Crippen LogP contribution in [0.4, 0.5) is 17.3 Å². The van der Waals surface area contributed by atoms with Crippen molar-refractivity contribution in [2.75, 3.05) is 34.2 Å². The van der Waals surface area contributed by atoms with E-state index in [0.29, 0.717) is 24.6 Å². The molecule has 1 aliphatic rings. The first-order valence-electron chi connectivity index (χ1n) is 11.1. The number of hydrogen-bond donors (Lipinski definition) is 1. The average molecular weight is 452 g/mol. The fourth-order valence-electron chi connectivity index (χ4n) is 3.91. The van der Waals surface area contributed by atoms with Crippen LogP contribution in [-0.2, 0) is 16.6 Å². The minimum atomic E-state index is -3.68. The standard InChI is InChI=1S/C24H29N5O2S/c1-2-29(21-9-5-3-6-10-21)32(30,31)22-11-12-23(27-19-22)26-18-20-13-14-25-24(17-20)28-15-7-4-8-16-28/h3,5-6,9-14,17,19H,2,4,7-8,15-16,18H2,1H3,(H,26,27). The van der Waals surface area contributed by atoms with Gasteiger partial charge >= 0.3 is 0 Å². The Morgan fingerprint density at radius 3 is 2.47 bits per heavy atom. The molecule has 0 unspecified atom stereocenters. The molecular weight excluding hydrogens is 422 g/mol. The van der Waals surface area contributed by atoms with Gasteiger partial charge in [0.05, 0.1) is 5.69 Å². The van der Waals surface area contributed by atoms with E-state index in [4.69, 9.17) is 0 Å². The van der Waals surface area contributed by atoms with Gasteiger partial charge in [0, 0.05) is 38.6 Å². The summed E-state index contributed by atoms with van der Waals surface area (Å²) in [5.41, 5.74) is 1.75. The number of sulfonamides is 1. The summed E-state index contributed by atoms with van der Waals surface area (Å²) in [6, 6.07) is 16.5. The Bertz CT molecular complexity index is 1110. The molecule has 0 atom stereocenters. The monoisotopic (exact) mass is 451 g/mol. The molecular formula is C24H29N5O2S. The molecule has 0 aliphatic carbocycles. The summed E-state index contributed by atoms with van der Waals surface area (Å²) < 4.78 is 27.6. The second kappa shape index (κ2) is 9.99. The van der Waals surface area contributed by atoms with Crippen molar-refractivity contribution in [3.8, 4) is 0 Å². The summed E-state index contributed by atoms with van der Waals surface area (Å²) in [5.74, 6) is 1.64. The summed E-state index contributed by atoms with van der Waals surface area (Å²) in [6.07, 6.45) is 6.96. The maximum absolute atomic E-state index is 13.1. The second-order valence-electron chi connectivity index (χ2n) is 7.81. The molecule has 3 aromatic rings. The fraction of sp³-hybridized carbons (Fsp3) is 0.333. The van der Waals surface area contributed by atoms with Crippen molar-refractivity contribution in [3.05, 3.63) is 72.6 Å². The Kier molecular flexibility index (Phi) is 6.90. The van der Waals surface area contributed by atoms with Gasteiger partial charge in [-0.15, -0.1) is 0 Å². The zero-order chi connectivity index (χ0) is 22.4. The minimum Gasteiger partial charge on any atom is -0.366 e. The zero-order valence-corrected chi connectivity index (χ0v) is 19.1. The van der Waals surface area contributed by atoms with Crippen molar-refractivity contribution in [3.63, 3.8) is 0 Å². The van der Waals surface area contributed by atoms with E-state index in [1.54, 1.807) is 24.3 Å². The van der Waals surface area contributed by atoms with Crippen LogP contribution in [0, 0.1) is 0 Å². The lowest BCUT2D eigenvalue weighted by molar-refractivity contribution is 0.573. The smallest absolute Gasteiger partial charge is 0.265 e. The predicted octanol–water partition coefficient (Wildman–Crippen LogP) is 4.29. The van der Waals surface area contributed by atoms with Gasteiger partial charge in [-0.1, -0.05) is 18.2 Å². The number of para-hydroxylation sites is 1. The number of rotatable bonds is 8. The molecule has 7 nitrogen and oxygen atoms in total. The molecule has 168 valence electrons. The van der Waals surface area contributed by atoms with Crippen LogP contribution in [0.15, 0.2) is 71.9 Å². The molecule has 1 N–H and O–H groups in total. The van der Waals surface area contributed by atoms with Crippen LogP contribution in [0.5, 0.6) is 0 Å². The van der Waals surface area contributed by atoms with Crippen molar-refractivity contribution in [1.82, 2.24) is 9.97 Å². The normalized spacial score (nSPS) is 14.2. The predicted molar refractivity (Wildman–Crippen MR) is 129 cm³/mol. The number of nitrogens with one attached hydrogen (secondary N) is 1. The van der Waals surface area contributed by atoms with Gasteiger partial charge in [-0.3, -0.25) is 4.31 Å². The van der Waals surface area contributed by atoms with E-state index in [2.05, 4.69) is 26.3 Å². The fourth-order valence-corrected chi connectivity index (χ4v) is 5.33. The molecule has 1 aliphatic heterocycles.